The number of rotatable bonds is 4. The van der Waals surface area contributed by atoms with Gasteiger partial charge in [0.1, 0.15) is 27.5 Å². The van der Waals surface area contributed by atoms with Gasteiger partial charge < -0.3 is 4.42 Å². The van der Waals surface area contributed by atoms with Gasteiger partial charge in [0.15, 0.2) is 5.78 Å². The Morgan fingerprint density at radius 1 is 1.21 bits per heavy atom. The molecule has 3 heterocycles. The zero-order valence-electron chi connectivity index (χ0n) is 14.5. The number of aromatic nitrogens is 2. The van der Waals surface area contributed by atoms with Crippen molar-refractivity contribution in [2.75, 3.05) is 0 Å². The SMILES string of the molecule is CCc1nnc(C2C(=N)SC(=Cc3ccc(-c4ccc(Cl)c(Cl)c4)o3)C2=O)s1. The molecule has 3 aromatic rings. The third-order valence-corrected chi connectivity index (χ3v) is 6.99. The molecule has 0 radical (unpaired) electrons. The summed E-state index contributed by atoms with van der Waals surface area (Å²) in [7, 11) is 0. The van der Waals surface area contributed by atoms with Gasteiger partial charge in [-0.2, -0.15) is 0 Å². The number of halogens is 2. The molecule has 1 N–H and O–H groups in total. The third kappa shape index (κ3) is 3.67. The lowest BCUT2D eigenvalue weighted by atomic mass is 10.1. The maximum absolute atomic E-state index is 12.8. The Morgan fingerprint density at radius 3 is 2.75 bits per heavy atom. The summed E-state index contributed by atoms with van der Waals surface area (Å²) in [5, 5.41) is 18.9. The summed E-state index contributed by atoms with van der Waals surface area (Å²) in [6.45, 7) is 1.98. The van der Waals surface area contributed by atoms with E-state index in [9.17, 15) is 4.79 Å². The molecule has 2 aromatic heterocycles. The van der Waals surface area contributed by atoms with Crippen molar-refractivity contribution >= 4 is 63.2 Å². The largest absolute Gasteiger partial charge is 0.457 e. The number of thioether (sulfide) groups is 1. The number of hydrogen-bond acceptors (Lipinski definition) is 7. The number of ketones is 1. The first kappa shape index (κ1) is 19.4. The molecular weight excluding hydrogens is 437 g/mol. The van der Waals surface area contributed by atoms with Crippen molar-refractivity contribution in [3.05, 3.63) is 61.1 Å². The molecule has 1 aromatic carbocycles. The van der Waals surface area contributed by atoms with E-state index in [1.807, 2.05) is 13.0 Å². The molecule has 1 aliphatic rings. The monoisotopic (exact) mass is 449 g/mol. The van der Waals surface area contributed by atoms with Gasteiger partial charge in [-0.15, -0.1) is 21.5 Å². The molecule has 1 atom stereocenters. The Labute approximate surface area is 179 Å². The number of furan rings is 1. The summed E-state index contributed by atoms with van der Waals surface area (Å²) in [6, 6.07) is 8.81. The molecule has 9 heteroatoms. The molecule has 0 bridgehead atoms. The van der Waals surface area contributed by atoms with Crippen LogP contribution in [0.5, 0.6) is 0 Å². The standard InChI is InChI=1S/C19H13Cl2N3O2S2/c1-2-15-23-24-19(28-15)16-17(25)14(27-18(16)22)8-10-4-6-13(26-10)9-3-5-11(20)12(21)7-9/h3-8,16,22H,2H2,1H3. The Balaban J connectivity index is 1.59. The van der Waals surface area contributed by atoms with Crippen molar-refractivity contribution in [1.29, 1.82) is 5.41 Å². The number of Topliss-reactive ketones (excluding diaryl/α,β-unsaturated/α-hetero) is 1. The van der Waals surface area contributed by atoms with Gasteiger partial charge in [-0.3, -0.25) is 10.2 Å². The zero-order valence-corrected chi connectivity index (χ0v) is 17.7. The minimum absolute atomic E-state index is 0.152. The van der Waals surface area contributed by atoms with Gasteiger partial charge in [0.25, 0.3) is 0 Å². The molecule has 28 heavy (non-hydrogen) atoms. The maximum atomic E-state index is 12.8. The topological polar surface area (TPSA) is 79.8 Å². The van der Waals surface area contributed by atoms with Crippen molar-refractivity contribution in [2.24, 2.45) is 0 Å². The van der Waals surface area contributed by atoms with Gasteiger partial charge >= 0.3 is 0 Å². The first-order valence-electron chi connectivity index (χ1n) is 8.36. The van der Waals surface area contributed by atoms with Crippen molar-refractivity contribution in [3.63, 3.8) is 0 Å². The lowest BCUT2D eigenvalue weighted by Crippen LogP contribution is -2.11. The van der Waals surface area contributed by atoms with E-state index in [2.05, 4.69) is 10.2 Å². The molecule has 1 saturated heterocycles. The number of carbonyl (C=O) groups is 1. The van der Waals surface area contributed by atoms with Crippen LogP contribution in [0.15, 0.2) is 39.7 Å². The number of allylic oxidation sites excluding steroid dienone is 1. The average Bonchev–Trinajstić information content (AvgIpc) is 3.38. The van der Waals surface area contributed by atoms with Crippen LogP contribution in [-0.4, -0.2) is 21.0 Å². The van der Waals surface area contributed by atoms with Crippen LogP contribution in [0, 0.1) is 5.41 Å². The highest BCUT2D eigenvalue weighted by Crippen LogP contribution is 2.42. The lowest BCUT2D eigenvalue weighted by molar-refractivity contribution is -0.114. The molecule has 0 saturated carbocycles. The van der Waals surface area contributed by atoms with Gasteiger partial charge in [0, 0.05) is 5.56 Å². The highest BCUT2D eigenvalue weighted by Gasteiger charge is 2.39. The molecule has 1 fully saturated rings. The highest BCUT2D eigenvalue weighted by molar-refractivity contribution is 8.19. The van der Waals surface area contributed by atoms with Crippen LogP contribution in [0.4, 0.5) is 0 Å². The molecular formula is C19H13Cl2N3O2S2. The Bertz CT molecular complexity index is 1120. The van der Waals surface area contributed by atoms with E-state index in [1.54, 1.807) is 30.3 Å². The number of aryl methyl sites for hydroxylation is 1. The maximum Gasteiger partial charge on any atom is 0.186 e. The average molecular weight is 450 g/mol. The van der Waals surface area contributed by atoms with Crippen molar-refractivity contribution in [2.45, 2.75) is 19.3 Å². The van der Waals surface area contributed by atoms with Crippen LogP contribution < -0.4 is 0 Å². The van der Waals surface area contributed by atoms with Crippen LogP contribution in [-0.2, 0) is 11.2 Å². The fourth-order valence-corrected chi connectivity index (χ4v) is 4.94. The summed E-state index contributed by atoms with van der Waals surface area (Å²) in [4.78, 5) is 13.3. The van der Waals surface area contributed by atoms with Crippen LogP contribution in [0.2, 0.25) is 10.0 Å². The molecule has 0 amide bonds. The van der Waals surface area contributed by atoms with Crippen molar-refractivity contribution < 1.29 is 9.21 Å². The summed E-state index contributed by atoms with van der Waals surface area (Å²) in [6.07, 6.45) is 2.41. The van der Waals surface area contributed by atoms with E-state index >= 15 is 0 Å². The van der Waals surface area contributed by atoms with Crippen LogP contribution >= 0.6 is 46.3 Å². The van der Waals surface area contributed by atoms with E-state index in [0.29, 0.717) is 31.5 Å². The second kappa shape index (κ2) is 7.83. The Morgan fingerprint density at radius 2 is 2.04 bits per heavy atom. The third-order valence-electron chi connectivity index (χ3n) is 4.12. The Kier molecular flexibility index (Phi) is 5.42. The zero-order chi connectivity index (χ0) is 19.8. The Hall–Kier alpha value is -1.93. The van der Waals surface area contributed by atoms with Gasteiger partial charge in [-0.1, -0.05) is 41.9 Å². The minimum Gasteiger partial charge on any atom is -0.457 e. The predicted molar refractivity (Wildman–Crippen MR) is 114 cm³/mol. The fraction of sp³-hybridized carbons (Fsp3) is 0.158. The normalized spacial score (nSPS) is 18.4. The molecule has 0 spiro atoms. The van der Waals surface area contributed by atoms with Crippen molar-refractivity contribution in [3.8, 4) is 11.3 Å². The second-order valence-corrected chi connectivity index (χ2v) is 8.98. The fourth-order valence-electron chi connectivity index (χ4n) is 2.70. The van der Waals surface area contributed by atoms with E-state index < -0.39 is 5.92 Å². The van der Waals surface area contributed by atoms with E-state index in [1.165, 1.54) is 11.3 Å². The van der Waals surface area contributed by atoms with Gasteiger partial charge in [-0.05, 0) is 42.8 Å². The van der Waals surface area contributed by atoms with E-state index in [0.717, 1.165) is 28.8 Å². The predicted octanol–water partition coefficient (Wildman–Crippen LogP) is 6.09. The smallest absolute Gasteiger partial charge is 0.186 e. The highest BCUT2D eigenvalue weighted by atomic mass is 35.5. The van der Waals surface area contributed by atoms with Gasteiger partial charge in [-0.25, -0.2) is 0 Å². The van der Waals surface area contributed by atoms with Crippen molar-refractivity contribution in [1.82, 2.24) is 10.2 Å². The number of nitrogens with zero attached hydrogens (tertiary/aromatic N) is 2. The van der Waals surface area contributed by atoms with Crippen LogP contribution in [0.1, 0.15) is 28.6 Å². The molecule has 142 valence electrons. The number of benzene rings is 1. The second-order valence-electron chi connectivity index (χ2n) is 5.99. The first-order valence-corrected chi connectivity index (χ1v) is 10.7. The molecule has 4 rings (SSSR count). The summed E-state index contributed by atoms with van der Waals surface area (Å²) < 4.78 is 5.83. The molecule has 0 aliphatic carbocycles. The summed E-state index contributed by atoms with van der Waals surface area (Å²) in [5.74, 6) is 0.320. The van der Waals surface area contributed by atoms with E-state index in [-0.39, 0.29) is 10.8 Å². The molecule has 1 unspecified atom stereocenters. The first-order chi connectivity index (χ1) is 13.5. The number of hydrogen-bond donors (Lipinski definition) is 1. The molecule has 5 nitrogen and oxygen atoms in total. The van der Waals surface area contributed by atoms with E-state index in [4.69, 9.17) is 33.0 Å². The minimum atomic E-state index is -0.668. The summed E-state index contributed by atoms with van der Waals surface area (Å²) >= 11 is 14.5. The lowest BCUT2D eigenvalue weighted by Gasteiger charge is -2.00. The van der Waals surface area contributed by atoms with Crippen LogP contribution in [0.3, 0.4) is 0 Å². The number of nitrogens with one attached hydrogen (secondary N) is 1. The van der Waals surface area contributed by atoms with Gasteiger partial charge in [0.2, 0.25) is 0 Å². The van der Waals surface area contributed by atoms with Gasteiger partial charge in [0.05, 0.1) is 20.0 Å². The number of carbonyl (C=O) groups excluding carboxylic acids is 1. The van der Waals surface area contributed by atoms with Crippen LogP contribution in [0.25, 0.3) is 17.4 Å². The summed E-state index contributed by atoms with van der Waals surface area (Å²) in [5.41, 5.74) is 0.788. The molecule has 1 aliphatic heterocycles. The quantitative estimate of drug-likeness (QED) is 0.487.